The molecule has 0 radical (unpaired) electrons. The quantitative estimate of drug-likeness (QED) is 0.0962. The van der Waals surface area contributed by atoms with Gasteiger partial charge >= 0.3 is 11.9 Å². The summed E-state index contributed by atoms with van der Waals surface area (Å²) in [7, 11) is 0. The summed E-state index contributed by atoms with van der Waals surface area (Å²) in [6, 6.07) is 3.44. The number of benzene rings is 2. The van der Waals surface area contributed by atoms with Gasteiger partial charge < -0.3 is 37.9 Å². The maximum atomic E-state index is 12.5. The number of rotatable bonds is 18. The first-order valence-corrected chi connectivity index (χ1v) is 15.2. The van der Waals surface area contributed by atoms with Crippen LogP contribution in [0.5, 0.6) is 46.0 Å². The molecule has 236 valence electrons. The SMILES string of the molecule is CC=CC(=O)Oc1c(OCC)cc(Sc2cc(OCC)c(OC(=O)C=CC)c(OCC)c2OCC)c(OCC)c1OCC. The lowest BCUT2D eigenvalue weighted by atomic mass is 10.2. The Morgan fingerprint density at radius 1 is 0.535 bits per heavy atom. The van der Waals surface area contributed by atoms with E-state index in [1.807, 2.05) is 41.5 Å². The van der Waals surface area contributed by atoms with Crippen LogP contribution in [0, 0.1) is 0 Å². The zero-order valence-electron chi connectivity index (χ0n) is 26.2. The fourth-order valence-corrected chi connectivity index (χ4v) is 4.85. The number of carbonyl (C=O) groups excluding carboxylic acids is 2. The van der Waals surface area contributed by atoms with Gasteiger partial charge in [0.15, 0.2) is 23.0 Å². The molecule has 11 heteroatoms. The van der Waals surface area contributed by atoms with Crippen molar-refractivity contribution in [2.75, 3.05) is 39.6 Å². The number of hydrogen-bond donors (Lipinski definition) is 0. The Kier molecular flexibility index (Phi) is 15.2. The molecule has 0 spiro atoms. The molecule has 0 saturated carbocycles. The second-order valence-electron chi connectivity index (χ2n) is 8.26. The average molecular weight is 619 g/mol. The minimum atomic E-state index is -0.586. The van der Waals surface area contributed by atoms with Gasteiger partial charge in [0.05, 0.1) is 49.4 Å². The third kappa shape index (κ3) is 9.51. The molecule has 0 fully saturated rings. The zero-order chi connectivity index (χ0) is 31.8. The van der Waals surface area contributed by atoms with Gasteiger partial charge in [-0.25, -0.2) is 9.59 Å². The van der Waals surface area contributed by atoms with Crippen molar-refractivity contribution < 1.29 is 47.5 Å². The molecule has 0 aliphatic carbocycles. The van der Waals surface area contributed by atoms with Gasteiger partial charge in [-0.15, -0.1) is 0 Å². The van der Waals surface area contributed by atoms with Gasteiger partial charge in [-0.2, -0.15) is 0 Å². The van der Waals surface area contributed by atoms with Gasteiger partial charge in [-0.05, 0) is 55.4 Å². The van der Waals surface area contributed by atoms with Crippen LogP contribution in [0.15, 0.2) is 46.2 Å². The van der Waals surface area contributed by atoms with E-state index in [1.54, 1.807) is 38.1 Å². The van der Waals surface area contributed by atoms with E-state index in [1.165, 1.54) is 23.9 Å². The van der Waals surface area contributed by atoms with Crippen LogP contribution in [-0.2, 0) is 9.59 Å². The van der Waals surface area contributed by atoms with E-state index in [4.69, 9.17) is 37.9 Å². The molecule has 0 aliphatic heterocycles. The standard InChI is InChI=1S/C32H42O10S/c1-9-17-25(33)41-27-21(35-11-3)19-23(29(37-13-5)31(27)39-15-7)43-24-20-22(36-12-4)28(42-26(34)18-10-2)32(40-16-8)30(24)38-14-6/h9-10,17-20H,11-16H2,1-8H3. The van der Waals surface area contributed by atoms with Gasteiger partial charge in [0.1, 0.15) is 0 Å². The molecule has 2 aromatic carbocycles. The highest BCUT2D eigenvalue weighted by Crippen LogP contribution is 2.56. The summed E-state index contributed by atoms with van der Waals surface area (Å²) in [6.07, 6.45) is 5.77. The molecule has 43 heavy (non-hydrogen) atoms. The van der Waals surface area contributed by atoms with Crippen LogP contribution in [0.1, 0.15) is 55.4 Å². The predicted octanol–water partition coefficient (Wildman–Crippen LogP) is 7.19. The molecule has 0 heterocycles. The third-order valence-corrected chi connectivity index (χ3v) is 6.28. The van der Waals surface area contributed by atoms with Crippen molar-refractivity contribution in [3.63, 3.8) is 0 Å². The second-order valence-corrected chi connectivity index (χ2v) is 9.35. The Morgan fingerprint density at radius 2 is 0.860 bits per heavy atom. The maximum Gasteiger partial charge on any atom is 0.336 e. The lowest BCUT2D eigenvalue weighted by Crippen LogP contribution is -2.10. The summed E-state index contributed by atoms with van der Waals surface area (Å²) < 4.78 is 47.3. The van der Waals surface area contributed by atoms with Gasteiger partial charge in [0, 0.05) is 24.3 Å². The summed E-state index contributed by atoms with van der Waals surface area (Å²) in [5.41, 5.74) is 0. The molecule has 0 unspecified atom stereocenters. The fourth-order valence-electron chi connectivity index (χ4n) is 3.80. The number of hydrogen-bond acceptors (Lipinski definition) is 11. The summed E-state index contributed by atoms with van der Waals surface area (Å²) in [5, 5.41) is 0. The number of ether oxygens (including phenoxy) is 8. The molecule has 0 amide bonds. The van der Waals surface area contributed by atoms with E-state index in [-0.39, 0.29) is 36.2 Å². The second kappa shape index (κ2) is 18.5. The monoisotopic (exact) mass is 618 g/mol. The van der Waals surface area contributed by atoms with Gasteiger partial charge in [0.25, 0.3) is 0 Å². The molecule has 0 aromatic heterocycles. The van der Waals surface area contributed by atoms with Crippen LogP contribution in [0.3, 0.4) is 0 Å². The van der Waals surface area contributed by atoms with Crippen LogP contribution in [-0.4, -0.2) is 51.6 Å². The van der Waals surface area contributed by atoms with Crippen molar-refractivity contribution in [1.29, 1.82) is 0 Å². The highest BCUT2D eigenvalue weighted by Gasteiger charge is 2.29. The van der Waals surface area contributed by atoms with Gasteiger partial charge in [0.2, 0.25) is 23.0 Å². The van der Waals surface area contributed by atoms with Crippen molar-refractivity contribution in [3.05, 3.63) is 36.4 Å². The van der Waals surface area contributed by atoms with Crippen molar-refractivity contribution in [2.24, 2.45) is 0 Å². The highest BCUT2D eigenvalue weighted by molar-refractivity contribution is 7.99. The van der Waals surface area contributed by atoms with E-state index < -0.39 is 11.9 Å². The van der Waals surface area contributed by atoms with Crippen LogP contribution in [0.25, 0.3) is 0 Å². The third-order valence-electron chi connectivity index (χ3n) is 5.23. The van der Waals surface area contributed by atoms with E-state index in [0.717, 1.165) is 0 Å². The molecule has 0 N–H and O–H groups in total. The Morgan fingerprint density at radius 3 is 1.16 bits per heavy atom. The van der Waals surface area contributed by atoms with Crippen molar-refractivity contribution >= 4 is 23.7 Å². The zero-order valence-corrected chi connectivity index (χ0v) is 27.0. The van der Waals surface area contributed by atoms with Crippen molar-refractivity contribution in [3.8, 4) is 46.0 Å². The maximum absolute atomic E-state index is 12.5. The molecular weight excluding hydrogens is 576 g/mol. The van der Waals surface area contributed by atoms with Gasteiger partial charge in [-0.3, -0.25) is 0 Å². The number of allylic oxidation sites excluding steroid dienone is 2. The molecular formula is C32H42O10S. The van der Waals surface area contributed by atoms with Crippen LogP contribution < -0.4 is 37.9 Å². The first-order valence-electron chi connectivity index (χ1n) is 14.4. The van der Waals surface area contributed by atoms with E-state index in [0.29, 0.717) is 59.2 Å². The van der Waals surface area contributed by atoms with Gasteiger partial charge in [-0.1, -0.05) is 23.9 Å². The summed E-state index contributed by atoms with van der Waals surface area (Å²) in [4.78, 5) is 26.1. The largest absolute Gasteiger partial charge is 0.490 e. The van der Waals surface area contributed by atoms with E-state index >= 15 is 0 Å². The normalized spacial score (nSPS) is 11.0. The van der Waals surface area contributed by atoms with Crippen molar-refractivity contribution in [2.45, 2.75) is 65.2 Å². The first kappa shape index (κ1) is 35.2. The number of esters is 2. The van der Waals surface area contributed by atoms with E-state index in [2.05, 4.69) is 0 Å². The van der Waals surface area contributed by atoms with E-state index in [9.17, 15) is 9.59 Å². The molecule has 2 aromatic rings. The predicted molar refractivity (Wildman–Crippen MR) is 165 cm³/mol. The lowest BCUT2D eigenvalue weighted by molar-refractivity contribution is -0.130. The average Bonchev–Trinajstić information content (AvgIpc) is 2.96. The Hall–Kier alpha value is -3.99. The minimum absolute atomic E-state index is 0.112. The molecule has 2 rings (SSSR count). The Bertz CT molecular complexity index is 1190. The van der Waals surface area contributed by atoms with Crippen molar-refractivity contribution in [1.82, 2.24) is 0 Å². The molecule has 10 nitrogen and oxygen atoms in total. The molecule has 0 aliphatic rings. The molecule has 0 atom stereocenters. The topological polar surface area (TPSA) is 108 Å². The summed E-state index contributed by atoms with van der Waals surface area (Å²) >= 11 is 1.28. The smallest absolute Gasteiger partial charge is 0.336 e. The minimum Gasteiger partial charge on any atom is -0.490 e. The Balaban J connectivity index is 2.91. The van der Waals surface area contributed by atoms with Crippen LogP contribution >= 0.6 is 11.8 Å². The van der Waals surface area contributed by atoms with Crippen LogP contribution in [0.4, 0.5) is 0 Å². The summed E-state index contributed by atoms with van der Waals surface area (Å²) in [6.45, 7) is 16.1. The lowest BCUT2D eigenvalue weighted by Gasteiger charge is -2.23. The fraction of sp³-hybridized carbons (Fsp3) is 0.438. The number of carbonyl (C=O) groups is 2. The molecule has 0 bridgehead atoms. The van der Waals surface area contributed by atoms with Crippen LogP contribution in [0.2, 0.25) is 0 Å². The highest BCUT2D eigenvalue weighted by atomic mass is 32.2. The Labute approximate surface area is 258 Å². The summed E-state index contributed by atoms with van der Waals surface area (Å²) in [5.74, 6) is 0.779. The first-order chi connectivity index (χ1) is 20.8. The molecule has 0 saturated heterocycles.